The van der Waals surface area contributed by atoms with Crippen molar-refractivity contribution in [3.63, 3.8) is 0 Å². The van der Waals surface area contributed by atoms with E-state index in [9.17, 15) is 4.79 Å². The van der Waals surface area contributed by atoms with Crippen LogP contribution in [0.25, 0.3) is 0 Å². The van der Waals surface area contributed by atoms with E-state index in [4.69, 9.17) is 0 Å². The average molecular weight is 186 g/mol. The molecule has 0 saturated heterocycles. The van der Waals surface area contributed by atoms with Crippen LogP contribution in [0.4, 0.5) is 0 Å². The summed E-state index contributed by atoms with van der Waals surface area (Å²) in [6, 6.07) is 0. The second-order valence-corrected chi connectivity index (χ2v) is 3.51. The molecule has 1 amide bonds. The summed E-state index contributed by atoms with van der Waals surface area (Å²) in [5.41, 5.74) is 0. The predicted octanol–water partition coefficient (Wildman–Crippen LogP) is 1.15. The van der Waals surface area contributed by atoms with Gasteiger partial charge in [0.05, 0.1) is 0 Å². The second-order valence-electron chi connectivity index (χ2n) is 3.51. The highest BCUT2D eigenvalue weighted by Crippen LogP contribution is 1.91. The molecule has 0 aliphatic heterocycles. The molecule has 0 aromatic carbocycles. The van der Waals surface area contributed by atoms with E-state index in [1.54, 1.807) is 0 Å². The fourth-order valence-electron chi connectivity index (χ4n) is 0.967. The topological polar surface area (TPSA) is 41.1 Å². The molecule has 0 aliphatic rings. The summed E-state index contributed by atoms with van der Waals surface area (Å²) in [5, 5.41) is 6.14. The Kier molecular flexibility index (Phi) is 7.69. The lowest BCUT2D eigenvalue weighted by molar-refractivity contribution is -0.123. The third-order valence-corrected chi connectivity index (χ3v) is 1.85. The van der Waals surface area contributed by atoms with Crippen molar-refractivity contribution in [3.8, 4) is 0 Å². The minimum absolute atomic E-state index is 0.105. The molecule has 3 nitrogen and oxygen atoms in total. The standard InChI is InChI=1S/C10H22N2O/c1-4-11-7-5-6-8-12-10(13)9(2)3/h9,11H,4-8H2,1-3H3,(H,12,13). The Balaban J connectivity index is 3.12. The van der Waals surface area contributed by atoms with Gasteiger partial charge >= 0.3 is 0 Å². The summed E-state index contributed by atoms with van der Waals surface area (Å²) in [4.78, 5) is 11.1. The molecule has 0 bridgehead atoms. The Bertz CT molecular complexity index is 135. The van der Waals surface area contributed by atoms with Crippen molar-refractivity contribution in [3.05, 3.63) is 0 Å². The smallest absolute Gasteiger partial charge is 0.222 e. The molecule has 0 aliphatic carbocycles. The van der Waals surface area contributed by atoms with Crippen LogP contribution in [0.5, 0.6) is 0 Å². The molecule has 0 aromatic heterocycles. The molecule has 0 radical (unpaired) electrons. The number of unbranched alkanes of at least 4 members (excludes halogenated alkanes) is 1. The molecule has 13 heavy (non-hydrogen) atoms. The van der Waals surface area contributed by atoms with Gasteiger partial charge in [0.25, 0.3) is 0 Å². The fourth-order valence-corrected chi connectivity index (χ4v) is 0.967. The zero-order chi connectivity index (χ0) is 10.1. The van der Waals surface area contributed by atoms with E-state index in [1.165, 1.54) is 0 Å². The van der Waals surface area contributed by atoms with Gasteiger partial charge in [-0.2, -0.15) is 0 Å². The van der Waals surface area contributed by atoms with Crippen molar-refractivity contribution in [1.29, 1.82) is 0 Å². The van der Waals surface area contributed by atoms with Crippen molar-refractivity contribution in [2.24, 2.45) is 5.92 Å². The summed E-state index contributed by atoms with van der Waals surface area (Å²) in [6.07, 6.45) is 2.19. The van der Waals surface area contributed by atoms with Crippen LogP contribution in [-0.2, 0) is 4.79 Å². The molecule has 0 saturated carbocycles. The first-order valence-corrected chi connectivity index (χ1v) is 5.17. The van der Waals surface area contributed by atoms with Crippen LogP contribution in [0.2, 0.25) is 0 Å². The second kappa shape index (κ2) is 8.05. The van der Waals surface area contributed by atoms with Crippen LogP contribution in [0.15, 0.2) is 0 Å². The Morgan fingerprint density at radius 1 is 1.23 bits per heavy atom. The summed E-state index contributed by atoms with van der Waals surface area (Å²) in [7, 11) is 0. The van der Waals surface area contributed by atoms with Crippen molar-refractivity contribution >= 4 is 5.91 Å². The normalized spacial score (nSPS) is 10.5. The largest absolute Gasteiger partial charge is 0.356 e. The van der Waals surface area contributed by atoms with E-state index in [2.05, 4.69) is 17.6 Å². The van der Waals surface area contributed by atoms with Gasteiger partial charge in [-0.05, 0) is 25.9 Å². The number of hydrogen-bond acceptors (Lipinski definition) is 2. The van der Waals surface area contributed by atoms with E-state index < -0.39 is 0 Å². The average Bonchev–Trinajstić information content (AvgIpc) is 2.10. The van der Waals surface area contributed by atoms with Gasteiger partial charge in [0.1, 0.15) is 0 Å². The highest BCUT2D eigenvalue weighted by molar-refractivity contribution is 5.77. The zero-order valence-corrected chi connectivity index (χ0v) is 9.02. The van der Waals surface area contributed by atoms with Gasteiger partial charge in [-0.1, -0.05) is 20.8 Å². The van der Waals surface area contributed by atoms with Crippen LogP contribution < -0.4 is 10.6 Å². The van der Waals surface area contributed by atoms with Gasteiger partial charge in [-0.3, -0.25) is 4.79 Å². The molecule has 0 rings (SSSR count). The van der Waals surface area contributed by atoms with E-state index in [-0.39, 0.29) is 11.8 Å². The van der Waals surface area contributed by atoms with Crippen molar-refractivity contribution < 1.29 is 4.79 Å². The highest BCUT2D eigenvalue weighted by Gasteiger charge is 2.04. The van der Waals surface area contributed by atoms with Crippen LogP contribution in [-0.4, -0.2) is 25.5 Å². The molecular formula is C10H22N2O. The summed E-state index contributed by atoms with van der Waals surface area (Å²) in [5.74, 6) is 0.261. The van der Waals surface area contributed by atoms with Crippen LogP contribution >= 0.6 is 0 Å². The number of nitrogens with one attached hydrogen (secondary N) is 2. The first kappa shape index (κ1) is 12.4. The van der Waals surface area contributed by atoms with E-state index in [1.807, 2.05) is 13.8 Å². The monoisotopic (exact) mass is 186 g/mol. The first-order valence-electron chi connectivity index (χ1n) is 5.17. The summed E-state index contributed by atoms with van der Waals surface area (Å²) in [6.45, 7) is 8.80. The number of carbonyl (C=O) groups excluding carboxylic acids is 1. The first-order chi connectivity index (χ1) is 6.18. The van der Waals surface area contributed by atoms with Crippen molar-refractivity contribution in [1.82, 2.24) is 10.6 Å². The maximum atomic E-state index is 11.1. The van der Waals surface area contributed by atoms with Gasteiger partial charge in [0, 0.05) is 12.5 Å². The number of amides is 1. The summed E-state index contributed by atoms with van der Waals surface area (Å²) >= 11 is 0. The molecule has 0 heterocycles. The molecule has 0 spiro atoms. The number of hydrogen-bond donors (Lipinski definition) is 2. The van der Waals surface area contributed by atoms with Crippen LogP contribution in [0.1, 0.15) is 33.6 Å². The minimum Gasteiger partial charge on any atom is -0.356 e. The Hall–Kier alpha value is -0.570. The van der Waals surface area contributed by atoms with E-state index in [0.29, 0.717) is 0 Å². The van der Waals surface area contributed by atoms with Gasteiger partial charge in [-0.15, -0.1) is 0 Å². The SMILES string of the molecule is CCNCCCCNC(=O)C(C)C. The lowest BCUT2D eigenvalue weighted by Crippen LogP contribution is -2.29. The zero-order valence-electron chi connectivity index (χ0n) is 9.02. The molecule has 2 N–H and O–H groups in total. The molecule has 0 fully saturated rings. The van der Waals surface area contributed by atoms with Crippen molar-refractivity contribution in [2.75, 3.05) is 19.6 Å². The molecule has 0 atom stereocenters. The minimum atomic E-state index is 0.105. The third kappa shape index (κ3) is 7.78. The van der Waals surface area contributed by atoms with Gasteiger partial charge in [-0.25, -0.2) is 0 Å². The van der Waals surface area contributed by atoms with Crippen molar-refractivity contribution in [2.45, 2.75) is 33.6 Å². The predicted molar refractivity (Wildman–Crippen MR) is 55.6 cm³/mol. The maximum Gasteiger partial charge on any atom is 0.222 e. The highest BCUT2D eigenvalue weighted by atomic mass is 16.1. The fraction of sp³-hybridized carbons (Fsp3) is 0.900. The molecule has 3 heteroatoms. The Labute approximate surface area is 81.3 Å². The molecule has 0 aromatic rings. The van der Waals surface area contributed by atoms with Gasteiger partial charge in [0.2, 0.25) is 5.91 Å². The lowest BCUT2D eigenvalue weighted by atomic mass is 10.2. The third-order valence-electron chi connectivity index (χ3n) is 1.85. The Morgan fingerprint density at radius 3 is 2.38 bits per heavy atom. The van der Waals surface area contributed by atoms with E-state index >= 15 is 0 Å². The summed E-state index contributed by atoms with van der Waals surface area (Å²) < 4.78 is 0. The van der Waals surface area contributed by atoms with Gasteiger partial charge in [0.15, 0.2) is 0 Å². The van der Waals surface area contributed by atoms with E-state index in [0.717, 1.165) is 32.5 Å². The quantitative estimate of drug-likeness (QED) is 0.586. The number of carbonyl (C=O) groups is 1. The van der Waals surface area contributed by atoms with Gasteiger partial charge < -0.3 is 10.6 Å². The lowest BCUT2D eigenvalue weighted by Gasteiger charge is -2.07. The van der Waals surface area contributed by atoms with Crippen LogP contribution in [0.3, 0.4) is 0 Å². The molecular weight excluding hydrogens is 164 g/mol. The molecule has 78 valence electrons. The molecule has 0 unspecified atom stereocenters. The Morgan fingerprint density at radius 2 is 1.85 bits per heavy atom. The maximum absolute atomic E-state index is 11.1. The van der Waals surface area contributed by atoms with Crippen LogP contribution in [0, 0.1) is 5.92 Å². The number of rotatable bonds is 7.